The van der Waals surface area contributed by atoms with E-state index in [0.717, 1.165) is 29.6 Å². The van der Waals surface area contributed by atoms with Gasteiger partial charge in [-0.05, 0) is 64.9 Å². The van der Waals surface area contributed by atoms with Crippen molar-refractivity contribution in [1.82, 2.24) is 14.8 Å². The topological polar surface area (TPSA) is 59.8 Å². The normalized spacial score (nSPS) is 20.1. The van der Waals surface area contributed by atoms with Crippen molar-refractivity contribution in [3.63, 3.8) is 0 Å². The van der Waals surface area contributed by atoms with Crippen LogP contribution < -0.4 is 5.32 Å². The fourth-order valence-electron chi connectivity index (χ4n) is 3.66. The van der Waals surface area contributed by atoms with Gasteiger partial charge in [-0.2, -0.15) is 5.10 Å². The van der Waals surface area contributed by atoms with Crippen molar-refractivity contribution < 1.29 is 4.79 Å². The van der Waals surface area contributed by atoms with Crippen LogP contribution in [0.1, 0.15) is 86.0 Å². The molecular weight excluding hydrogens is 344 g/mol. The van der Waals surface area contributed by atoms with Gasteiger partial charge >= 0.3 is 0 Å². The highest BCUT2D eigenvalue weighted by atomic mass is 32.1. The standard InChI is InChI=1S/C20H28N4OS/c1-5-12-6-9-14-17(10-12)26-19(21-14)22-18(25)16-11-15(13-7-8-13)23-24(16)20(2,3)4/h11-13H,5-10H2,1-4H3,(H,21,22,25). The molecule has 2 aliphatic rings. The second-order valence-corrected chi connectivity index (χ2v) is 9.76. The van der Waals surface area contributed by atoms with E-state index in [1.165, 1.54) is 36.3 Å². The molecule has 0 saturated heterocycles. The first-order valence-corrected chi connectivity index (χ1v) is 10.6. The van der Waals surface area contributed by atoms with Crippen LogP contribution >= 0.6 is 11.3 Å². The molecule has 1 fully saturated rings. The van der Waals surface area contributed by atoms with Gasteiger partial charge in [-0.15, -0.1) is 11.3 Å². The number of carbonyl (C=O) groups is 1. The fraction of sp³-hybridized carbons (Fsp3) is 0.650. The van der Waals surface area contributed by atoms with E-state index < -0.39 is 0 Å². The lowest BCUT2D eigenvalue weighted by Gasteiger charge is -2.21. The molecule has 1 atom stereocenters. The first kappa shape index (κ1) is 17.7. The lowest BCUT2D eigenvalue weighted by Crippen LogP contribution is -2.29. The third-order valence-electron chi connectivity index (χ3n) is 5.43. The van der Waals surface area contributed by atoms with Gasteiger partial charge in [-0.1, -0.05) is 13.3 Å². The van der Waals surface area contributed by atoms with Crippen molar-refractivity contribution in [2.24, 2.45) is 5.92 Å². The van der Waals surface area contributed by atoms with Gasteiger partial charge in [0.25, 0.3) is 5.91 Å². The Balaban J connectivity index is 1.56. The lowest BCUT2D eigenvalue weighted by atomic mass is 9.89. The molecule has 0 aliphatic heterocycles. The fourth-order valence-corrected chi connectivity index (χ4v) is 4.77. The zero-order valence-electron chi connectivity index (χ0n) is 16.1. The highest BCUT2D eigenvalue weighted by Crippen LogP contribution is 2.40. The molecule has 2 aromatic heterocycles. The number of nitrogens with one attached hydrogen (secondary N) is 1. The third-order valence-corrected chi connectivity index (χ3v) is 6.47. The molecule has 140 valence electrons. The average Bonchev–Trinajstić information content (AvgIpc) is 3.19. The van der Waals surface area contributed by atoms with Crippen LogP contribution in [-0.4, -0.2) is 20.7 Å². The molecule has 5 nitrogen and oxygen atoms in total. The molecule has 1 amide bonds. The maximum atomic E-state index is 13.0. The Labute approximate surface area is 159 Å². The summed E-state index contributed by atoms with van der Waals surface area (Å²) in [6.45, 7) is 8.51. The van der Waals surface area contributed by atoms with Gasteiger partial charge in [-0.25, -0.2) is 4.98 Å². The predicted molar refractivity (Wildman–Crippen MR) is 105 cm³/mol. The van der Waals surface area contributed by atoms with Crippen LogP contribution in [0.15, 0.2) is 6.07 Å². The summed E-state index contributed by atoms with van der Waals surface area (Å²) in [5.41, 5.74) is 2.64. The minimum Gasteiger partial charge on any atom is -0.296 e. The van der Waals surface area contributed by atoms with Gasteiger partial charge in [0.05, 0.1) is 16.9 Å². The predicted octanol–water partition coefficient (Wildman–Crippen LogP) is 4.74. The Bertz CT molecular complexity index is 825. The summed E-state index contributed by atoms with van der Waals surface area (Å²) in [6.07, 6.45) is 6.92. The number of rotatable bonds is 4. The van der Waals surface area contributed by atoms with Crippen LogP contribution in [0.3, 0.4) is 0 Å². The lowest BCUT2D eigenvalue weighted by molar-refractivity contribution is 0.100. The molecule has 0 radical (unpaired) electrons. The molecule has 6 heteroatoms. The summed E-state index contributed by atoms with van der Waals surface area (Å²) in [4.78, 5) is 19.0. The van der Waals surface area contributed by atoms with Crippen LogP contribution in [-0.2, 0) is 18.4 Å². The molecule has 0 aromatic carbocycles. The van der Waals surface area contributed by atoms with Crippen molar-refractivity contribution in [1.29, 1.82) is 0 Å². The highest BCUT2D eigenvalue weighted by molar-refractivity contribution is 7.15. The van der Waals surface area contributed by atoms with Gasteiger partial charge in [-0.3, -0.25) is 14.8 Å². The minimum absolute atomic E-state index is 0.0996. The van der Waals surface area contributed by atoms with Crippen LogP contribution in [0.4, 0.5) is 5.13 Å². The summed E-state index contributed by atoms with van der Waals surface area (Å²) in [5.74, 6) is 1.19. The molecule has 2 heterocycles. The summed E-state index contributed by atoms with van der Waals surface area (Å²) in [5, 5.41) is 8.50. The molecule has 0 spiro atoms. The molecule has 26 heavy (non-hydrogen) atoms. The minimum atomic E-state index is -0.226. The maximum absolute atomic E-state index is 13.0. The number of hydrogen-bond donors (Lipinski definition) is 1. The summed E-state index contributed by atoms with van der Waals surface area (Å²) in [6, 6.07) is 1.97. The quantitative estimate of drug-likeness (QED) is 0.843. The maximum Gasteiger partial charge on any atom is 0.275 e. The molecule has 1 N–H and O–H groups in total. The Morgan fingerprint density at radius 2 is 2.12 bits per heavy atom. The van der Waals surface area contributed by atoms with E-state index in [-0.39, 0.29) is 11.4 Å². The van der Waals surface area contributed by atoms with Gasteiger partial charge in [0, 0.05) is 10.8 Å². The average molecular weight is 373 g/mol. The molecule has 2 aromatic rings. The van der Waals surface area contributed by atoms with E-state index >= 15 is 0 Å². The highest BCUT2D eigenvalue weighted by Gasteiger charge is 2.31. The molecule has 1 unspecified atom stereocenters. The van der Waals surface area contributed by atoms with E-state index in [2.05, 4.69) is 38.0 Å². The zero-order valence-corrected chi connectivity index (χ0v) is 16.9. The summed E-state index contributed by atoms with van der Waals surface area (Å²) in [7, 11) is 0. The van der Waals surface area contributed by atoms with E-state index in [1.54, 1.807) is 11.3 Å². The first-order valence-electron chi connectivity index (χ1n) is 9.75. The number of nitrogens with zero attached hydrogens (tertiary/aromatic N) is 3. The molecule has 1 saturated carbocycles. The molecular formula is C20H28N4OS. The van der Waals surface area contributed by atoms with Crippen LogP contribution in [0, 0.1) is 5.92 Å². The number of amides is 1. The van der Waals surface area contributed by atoms with E-state index in [1.807, 2.05) is 10.7 Å². The van der Waals surface area contributed by atoms with E-state index in [4.69, 9.17) is 5.10 Å². The molecule has 0 bridgehead atoms. The van der Waals surface area contributed by atoms with E-state index in [0.29, 0.717) is 11.6 Å². The Morgan fingerprint density at radius 3 is 2.77 bits per heavy atom. The number of aryl methyl sites for hydroxylation is 1. The second kappa shape index (κ2) is 6.48. The van der Waals surface area contributed by atoms with Gasteiger partial charge in [0.1, 0.15) is 5.69 Å². The van der Waals surface area contributed by atoms with Crippen molar-refractivity contribution in [2.75, 3.05) is 5.32 Å². The number of thiazole rings is 1. The largest absolute Gasteiger partial charge is 0.296 e. The van der Waals surface area contributed by atoms with Gasteiger partial charge in [0.15, 0.2) is 5.13 Å². The second-order valence-electron chi connectivity index (χ2n) is 8.67. The Hall–Kier alpha value is -1.69. The number of fused-ring (bicyclic) bond motifs is 1. The molecule has 4 rings (SSSR count). The van der Waals surface area contributed by atoms with Crippen molar-refractivity contribution in [2.45, 2.75) is 77.7 Å². The first-order chi connectivity index (χ1) is 12.3. The zero-order chi connectivity index (χ0) is 18.5. The SMILES string of the molecule is CCC1CCc2nc(NC(=O)c3cc(C4CC4)nn3C(C)(C)C)sc2C1. The third kappa shape index (κ3) is 3.43. The van der Waals surface area contributed by atoms with Gasteiger partial charge in [0.2, 0.25) is 0 Å². The molecule has 2 aliphatic carbocycles. The number of carbonyl (C=O) groups excluding carboxylic acids is 1. The van der Waals surface area contributed by atoms with Crippen molar-refractivity contribution in [3.8, 4) is 0 Å². The van der Waals surface area contributed by atoms with Crippen LogP contribution in [0.2, 0.25) is 0 Å². The van der Waals surface area contributed by atoms with Crippen LogP contribution in [0.25, 0.3) is 0 Å². The number of hydrogen-bond acceptors (Lipinski definition) is 4. The van der Waals surface area contributed by atoms with E-state index in [9.17, 15) is 4.79 Å². The smallest absolute Gasteiger partial charge is 0.275 e. The monoisotopic (exact) mass is 372 g/mol. The summed E-state index contributed by atoms with van der Waals surface area (Å²) < 4.78 is 1.87. The summed E-state index contributed by atoms with van der Waals surface area (Å²) >= 11 is 1.64. The van der Waals surface area contributed by atoms with Crippen molar-refractivity contribution >= 4 is 22.4 Å². The van der Waals surface area contributed by atoms with Crippen LogP contribution in [0.5, 0.6) is 0 Å². The number of anilines is 1. The number of aromatic nitrogens is 3. The Morgan fingerprint density at radius 1 is 1.35 bits per heavy atom. The van der Waals surface area contributed by atoms with Crippen molar-refractivity contribution in [3.05, 3.63) is 28.0 Å². The Kier molecular flexibility index (Phi) is 4.41. The van der Waals surface area contributed by atoms with Gasteiger partial charge < -0.3 is 0 Å².